The van der Waals surface area contributed by atoms with Crippen molar-refractivity contribution in [3.8, 4) is 0 Å². The molecule has 2 rings (SSSR count). The Morgan fingerprint density at radius 1 is 1.24 bits per heavy atom. The maximum Gasteiger partial charge on any atom is 0.257 e. The standard InChI is InChI=1S/C15H14IN3O2/c1-19(2)15(21)12-8-11(16)5-6-13(12)18-14(20)10-4-3-7-17-9-10/h3-9H,1-2H3,(H,18,20). The number of nitrogens with one attached hydrogen (secondary N) is 1. The second-order valence-corrected chi connectivity index (χ2v) is 5.83. The van der Waals surface area contributed by atoms with Crippen LogP contribution in [-0.2, 0) is 0 Å². The molecule has 2 amide bonds. The van der Waals surface area contributed by atoms with Crippen LogP contribution >= 0.6 is 22.6 Å². The summed E-state index contributed by atoms with van der Waals surface area (Å²) in [7, 11) is 3.35. The summed E-state index contributed by atoms with van der Waals surface area (Å²) in [5.74, 6) is -0.452. The lowest BCUT2D eigenvalue weighted by atomic mass is 10.1. The van der Waals surface area contributed by atoms with E-state index in [2.05, 4.69) is 32.9 Å². The van der Waals surface area contributed by atoms with Crippen molar-refractivity contribution in [1.29, 1.82) is 0 Å². The van der Waals surface area contributed by atoms with Crippen molar-refractivity contribution >= 4 is 40.1 Å². The Bertz CT molecular complexity index is 672. The van der Waals surface area contributed by atoms with Gasteiger partial charge in [-0.1, -0.05) is 0 Å². The van der Waals surface area contributed by atoms with Crippen LogP contribution in [0, 0.1) is 3.57 Å². The molecule has 0 saturated carbocycles. The molecule has 21 heavy (non-hydrogen) atoms. The predicted octanol–water partition coefficient (Wildman–Crippen LogP) is 2.64. The largest absolute Gasteiger partial charge is 0.345 e. The van der Waals surface area contributed by atoms with Crippen molar-refractivity contribution in [2.45, 2.75) is 0 Å². The maximum atomic E-state index is 12.2. The minimum atomic E-state index is -0.294. The Kier molecular flexibility index (Phi) is 4.89. The SMILES string of the molecule is CN(C)C(=O)c1cc(I)ccc1NC(=O)c1cccnc1. The first-order valence-corrected chi connectivity index (χ1v) is 7.29. The van der Waals surface area contributed by atoms with E-state index in [-0.39, 0.29) is 11.8 Å². The molecule has 1 N–H and O–H groups in total. The number of aromatic nitrogens is 1. The van der Waals surface area contributed by atoms with Gasteiger partial charge in [0.05, 0.1) is 16.8 Å². The summed E-state index contributed by atoms with van der Waals surface area (Å²) in [5.41, 5.74) is 1.39. The molecule has 0 unspecified atom stereocenters. The summed E-state index contributed by atoms with van der Waals surface area (Å²) in [5, 5.41) is 2.76. The quantitative estimate of drug-likeness (QED) is 0.813. The lowest BCUT2D eigenvalue weighted by molar-refractivity contribution is 0.0828. The van der Waals surface area contributed by atoms with Crippen molar-refractivity contribution in [1.82, 2.24) is 9.88 Å². The number of hydrogen-bond donors (Lipinski definition) is 1. The van der Waals surface area contributed by atoms with Crippen LogP contribution in [-0.4, -0.2) is 35.8 Å². The molecule has 1 heterocycles. The Morgan fingerprint density at radius 3 is 2.62 bits per heavy atom. The van der Waals surface area contributed by atoms with E-state index in [9.17, 15) is 9.59 Å². The van der Waals surface area contributed by atoms with Crippen LogP contribution in [0.3, 0.4) is 0 Å². The average Bonchev–Trinajstić information content (AvgIpc) is 2.49. The number of carbonyl (C=O) groups excluding carboxylic acids is 2. The summed E-state index contributed by atoms with van der Waals surface area (Å²) in [6.07, 6.45) is 3.08. The minimum Gasteiger partial charge on any atom is -0.345 e. The van der Waals surface area contributed by atoms with Gasteiger partial charge in [-0.05, 0) is 52.9 Å². The number of benzene rings is 1. The first kappa shape index (κ1) is 15.4. The van der Waals surface area contributed by atoms with Gasteiger partial charge >= 0.3 is 0 Å². The van der Waals surface area contributed by atoms with Crippen molar-refractivity contribution in [3.05, 3.63) is 57.4 Å². The number of hydrogen-bond acceptors (Lipinski definition) is 3. The van der Waals surface area contributed by atoms with Gasteiger partial charge in [0, 0.05) is 30.1 Å². The lowest BCUT2D eigenvalue weighted by Crippen LogP contribution is -2.24. The fourth-order valence-electron chi connectivity index (χ4n) is 1.73. The van der Waals surface area contributed by atoms with E-state index in [0.717, 1.165) is 3.57 Å². The molecule has 1 aromatic carbocycles. The van der Waals surface area contributed by atoms with Gasteiger partial charge < -0.3 is 10.2 Å². The lowest BCUT2D eigenvalue weighted by Gasteiger charge is -2.15. The molecule has 0 spiro atoms. The molecule has 5 nitrogen and oxygen atoms in total. The van der Waals surface area contributed by atoms with Gasteiger partial charge in [-0.3, -0.25) is 14.6 Å². The molecule has 0 atom stereocenters. The Hall–Kier alpha value is -1.96. The van der Waals surface area contributed by atoms with E-state index in [4.69, 9.17) is 0 Å². The first-order valence-electron chi connectivity index (χ1n) is 6.21. The molecule has 0 aliphatic heterocycles. The van der Waals surface area contributed by atoms with Gasteiger partial charge in [0.15, 0.2) is 0 Å². The normalized spacial score (nSPS) is 10.0. The number of amides is 2. The molecule has 108 valence electrons. The number of anilines is 1. The third kappa shape index (κ3) is 3.78. The van der Waals surface area contributed by atoms with E-state index in [1.807, 2.05) is 6.07 Å². The molecule has 0 fully saturated rings. The Morgan fingerprint density at radius 2 is 2.00 bits per heavy atom. The van der Waals surface area contributed by atoms with Crippen molar-refractivity contribution in [2.24, 2.45) is 0 Å². The third-order valence-corrected chi connectivity index (χ3v) is 3.46. The summed E-state index contributed by atoms with van der Waals surface area (Å²) in [6.45, 7) is 0. The van der Waals surface area contributed by atoms with Crippen molar-refractivity contribution in [2.75, 3.05) is 19.4 Å². The van der Waals surface area contributed by atoms with Crippen LogP contribution in [0.1, 0.15) is 20.7 Å². The molecule has 1 aromatic heterocycles. The molecule has 6 heteroatoms. The topological polar surface area (TPSA) is 62.3 Å². The highest BCUT2D eigenvalue weighted by Gasteiger charge is 2.16. The molecular formula is C15H14IN3O2. The fourth-order valence-corrected chi connectivity index (χ4v) is 2.23. The molecule has 0 radical (unpaired) electrons. The molecule has 0 aliphatic rings. The van der Waals surface area contributed by atoms with Crippen LogP contribution in [0.5, 0.6) is 0 Å². The van der Waals surface area contributed by atoms with Crippen LogP contribution in [0.4, 0.5) is 5.69 Å². The summed E-state index contributed by atoms with van der Waals surface area (Å²) in [4.78, 5) is 29.7. The number of nitrogens with zero attached hydrogens (tertiary/aromatic N) is 2. The van der Waals surface area contributed by atoms with Gasteiger partial charge in [0.1, 0.15) is 0 Å². The predicted molar refractivity (Wildman–Crippen MR) is 89.4 cm³/mol. The summed E-state index contributed by atoms with van der Waals surface area (Å²) < 4.78 is 0.928. The fraction of sp³-hybridized carbons (Fsp3) is 0.133. The number of halogens is 1. The molecular weight excluding hydrogens is 381 g/mol. The molecule has 2 aromatic rings. The molecule has 0 saturated heterocycles. The van der Waals surface area contributed by atoms with Crippen LogP contribution in [0.15, 0.2) is 42.7 Å². The summed E-state index contributed by atoms with van der Waals surface area (Å²) in [6, 6.07) is 8.68. The first-order chi connectivity index (χ1) is 9.99. The van der Waals surface area contributed by atoms with Crippen LogP contribution in [0.2, 0.25) is 0 Å². The number of carbonyl (C=O) groups is 2. The summed E-state index contributed by atoms with van der Waals surface area (Å²) >= 11 is 2.13. The zero-order valence-corrected chi connectivity index (χ0v) is 13.8. The second-order valence-electron chi connectivity index (χ2n) is 4.59. The highest BCUT2D eigenvalue weighted by molar-refractivity contribution is 14.1. The zero-order valence-electron chi connectivity index (χ0n) is 11.6. The van der Waals surface area contributed by atoms with Crippen molar-refractivity contribution < 1.29 is 9.59 Å². The number of pyridine rings is 1. The van der Waals surface area contributed by atoms with Crippen LogP contribution < -0.4 is 5.32 Å². The second kappa shape index (κ2) is 6.66. The minimum absolute atomic E-state index is 0.157. The van der Waals surface area contributed by atoms with Gasteiger partial charge in [-0.25, -0.2) is 0 Å². The highest BCUT2D eigenvalue weighted by atomic mass is 127. The zero-order chi connectivity index (χ0) is 15.4. The van der Waals surface area contributed by atoms with E-state index in [1.165, 1.54) is 11.1 Å². The van der Waals surface area contributed by atoms with E-state index >= 15 is 0 Å². The van der Waals surface area contributed by atoms with E-state index < -0.39 is 0 Å². The third-order valence-electron chi connectivity index (χ3n) is 2.79. The Labute approximate surface area is 136 Å². The van der Waals surface area contributed by atoms with E-state index in [0.29, 0.717) is 16.8 Å². The van der Waals surface area contributed by atoms with Gasteiger partial charge in [0.2, 0.25) is 0 Å². The van der Waals surface area contributed by atoms with Gasteiger partial charge in [-0.2, -0.15) is 0 Å². The smallest absolute Gasteiger partial charge is 0.257 e. The average molecular weight is 395 g/mol. The Balaban J connectivity index is 2.32. The van der Waals surface area contributed by atoms with E-state index in [1.54, 1.807) is 44.6 Å². The monoisotopic (exact) mass is 395 g/mol. The maximum absolute atomic E-state index is 12.2. The van der Waals surface area contributed by atoms with Gasteiger partial charge in [0.25, 0.3) is 11.8 Å². The number of rotatable bonds is 3. The van der Waals surface area contributed by atoms with Gasteiger partial charge in [-0.15, -0.1) is 0 Å². The molecule has 0 aliphatic carbocycles. The highest BCUT2D eigenvalue weighted by Crippen LogP contribution is 2.21. The van der Waals surface area contributed by atoms with Crippen molar-refractivity contribution in [3.63, 3.8) is 0 Å². The van der Waals surface area contributed by atoms with Crippen LogP contribution in [0.25, 0.3) is 0 Å². The molecule has 0 bridgehead atoms.